The molecule has 0 aromatic carbocycles. The van der Waals surface area contributed by atoms with E-state index in [9.17, 15) is 9.90 Å². The topological polar surface area (TPSA) is 65.0 Å². The maximum atomic E-state index is 11.0. The molecule has 0 amide bonds. The zero-order valence-electron chi connectivity index (χ0n) is 10.2. The lowest BCUT2D eigenvalue weighted by Crippen LogP contribution is -2.52. The minimum absolute atomic E-state index is 0.0574. The van der Waals surface area contributed by atoms with E-state index in [4.69, 9.17) is 14.2 Å². The third-order valence-corrected chi connectivity index (χ3v) is 3.23. The van der Waals surface area contributed by atoms with Crippen LogP contribution in [0.15, 0.2) is 0 Å². The van der Waals surface area contributed by atoms with Crippen LogP contribution in [0.5, 0.6) is 0 Å². The lowest BCUT2D eigenvalue weighted by atomic mass is 9.83. The van der Waals surface area contributed by atoms with E-state index in [1.807, 2.05) is 13.8 Å². The fourth-order valence-electron chi connectivity index (χ4n) is 2.01. The fourth-order valence-corrected chi connectivity index (χ4v) is 2.01. The van der Waals surface area contributed by atoms with Gasteiger partial charge in [-0.05, 0) is 5.92 Å². The van der Waals surface area contributed by atoms with Crippen LogP contribution in [0.25, 0.3) is 0 Å². The monoisotopic (exact) mass is 232 g/mol. The number of aliphatic hydroxyl groups is 1. The van der Waals surface area contributed by atoms with Crippen molar-refractivity contribution in [3.63, 3.8) is 0 Å². The first kappa shape index (κ1) is 13.4. The molecule has 5 heteroatoms. The van der Waals surface area contributed by atoms with Crippen molar-refractivity contribution in [2.75, 3.05) is 13.7 Å². The van der Waals surface area contributed by atoms with E-state index in [2.05, 4.69) is 0 Å². The van der Waals surface area contributed by atoms with Crippen LogP contribution in [-0.4, -0.2) is 43.3 Å². The molecule has 0 aromatic rings. The summed E-state index contributed by atoms with van der Waals surface area (Å²) in [5.74, 6) is -0.155. The van der Waals surface area contributed by atoms with Gasteiger partial charge in [0.15, 0.2) is 12.4 Å². The minimum atomic E-state index is -0.604. The summed E-state index contributed by atoms with van der Waals surface area (Å²) < 4.78 is 15.9. The largest absolute Gasteiger partial charge is 0.457 e. The molecule has 1 saturated heterocycles. The third-order valence-electron chi connectivity index (χ3n) is 3.23. The molecule has 1 aliphatic rings. The number of carbonyl (C=O) groups excluding carboxylic acids is 1. The second-order valence-corrected chi connectivity index (χ2v) is 4.25. The van der Waals surface area contributed by atoms with Gasteiger partial charge >= 0.3 is 5.97 Å². The van der Waals surface area contributed by atoms with Crippen LogP contribution in [-0.2, 0) is 19.0 Å². The molecule has 0 bridgehead atoms. The average molecular weight is 232 g/mol. The van der Waals surface area contributed by atoms with Crippen molar-refractivity contribution in [3.8, 4) is 0 Å². The van der Waals surface area contributed by atoms with E-state index >= 15 is 0 Å². The Labute approximate surface area is 95.7 Å². The summed E-state index contributed by atoms with van der Waals surface area (Å²) in [7, 11) is 1.50. The smallest absolute Gasteiger partial charge is 0.303 e. The minimum Gasteiger partial charge on any atom is -0.457 e. The Balaban J connectivity index is 2.77. The summed E-state index contributed by atoms with van der Waals surface area (Å²) in [6, 6.07) is 0. The van der Waals surface area contributed by atoms with Crippen molar-refractivity contribution in [2.45, 2.75) is 39.3 Å². The van der Waals surface area contributed by atoms with Gasteiger partial charge in [0, 0.05) is 20.0 Å². The Morgan fingerprint density at radius 3 is 2.44 bits per heavy atom. The highest BCUT2D eigenvalue weighted by atomic mass is 16.7. The van der Waals surface area contributed by atoms with Gasteiger partial charge in [0.2, 0.25) is 0 Å². The molecule has 5 nitrogen and oxygen atoms in total. The van der Waals surface area contributed by atoms with Crippen molar-refractivity contribution in [2.24, 2.45) is 11.8 Å². The zero-order valence-corrected chi connectivity index (χ0v) is 10.2. The molecule has 0 spiro atoms. The molecule has 1 heterocycles. The highest BCUT2D eigenvalue weighted by Gasteiger charge is 2.43. The Kier molecular flexibility index (Phi) is 4.70. The van der Waals surface area contributed by atoms with Crippen molar-refractivity contribution in [1.82, 2.24) is 0 Å². The van der Waals surface area contributed by atoms with Crippen LogP contribution in [0.4, 0.5) is 0 Å². The van der Waals surface area contributed by atoms with E-state index in [1.165, 1.54) is 14.0 Å². The number of hydrogen-bond acceptors (Lipinski definition) is 5. The summed E-state index contributed by atoms with van der Waals surface area (Å²) in [5, 5.41) is 9.17. The van der Waals surface area contributed by atoms with Gasteiger partial charge in [-0.3, -0.25) is 4.79 Å². The third kappa shape index (κ3) is 2.72. The normalized spacial score (nSPS) is 39.4. The second kappa shape index (κ2) is 5.61. The van der Waals surface area contributed by atoms with Crippen molar-refractivity contribution in [3.05, 3.63) is 0 Å². The maximum absolute atomic E-state index is 11.0. The summed E-state index contributed by atoms with van der Waals surface area (Å²) in [6.07, 6.45) is -1.29. The van der Waals surface area contributed by atoms with Crippen LogP contribution < -0.4 is 0 Å². The van der Waals surface area contributed by atoms with E-state index in [0.29, 0.717) is 0 Å². The van der Waals surface area contributed by atoms with Crippen molar-refractivity contribution >= 4 is 5.97 Å². The van der Waals surface area contributed by atoms with Gasteiger partial charge in [0.05, 0.1) is 12.7 Å². The summed E-state index contributed by atoms with van der Waals surface area (Å²) in [6.45, 7) is 5.24. The predicted molar refractivity (Wildman–Crippen MR) is 56.6 cm³/mol. The molecular formula is C11H20O5. The molecule has 1 rings (SSSR count). The first-order chi connectivity index (χ1) is 7.51. The lowest BCUT2D eigenvalue weighted by molar-refractivity contribution is -0.271. The van der Waals surface area contributed by atoms with E-state index in [-0.39, 0.29) is 30.5 Å². The van der Waals surface area contributed by atoms with Gasteiger partial charge < -0.3 is 19.3 Å². The Bertz CT molecular complexity index is 241. The number of esters is 1. The zero-order chi connectivity index (χ0) is 12.3. The molecule has 94 valence electrons. The highest BCUT2D eigenvalue weighted by molar-refractivity contribution is 5.66. The molecule has 1 N–H and O–H groups in total. The van der Waals surface area contributed by atoms with Gasteiger partial charge in [-0.2, -0.15) is 0 Å². The number of rotatable bonds is 3. The Morgan fingerprint density at radius 1 is 1.38 bits per heavy atom. The SMILES string of the molecule is CO[C@H]1OC(CO)[C@@H](C)[C@H](C)C1OC(C)=O. The van der Waals surface area contributed by atoms with Crippen molar-refractivity contribution in [1.29, 1.82) is 0 Å². The number of aliphatic hydroxyl groups excluding tert-OH is 1. The molecule has 1 aliphatic heterocycles. The van der Waals surface area contributed by atoms with E-state index in [1.54, 1.807) is 0 Å². The standard InChI is InChI=1S/C11H20O5/c1-6-7(2)10(15-8(3)13)11(14-4)16-9(6)5-12/h6-7,9-12H,5H2,1-4H3/t6-,7-,9?,10?,11-/m0/s1. The molecule has 1 fully saturated rings. The van der Waals surface area contributed by atoms with Crippen LogP contribution in [0.3, 0.4) is 0 Å². The molecule has 0 saturated carbocycles. The quantitative estimate of drug-likeness (QED) is 0.720. The van der Waals surface area contributed by atoms with E-state index in [0.717, 1.165) is 0 Å². The molecule has 5 atom stereocenters. The van der Waals surface area contributed by atoms with Gasteiger partial charge in [0.1, 0.15) is 0 Å². The molecule has 16 heavy (non-hydrogen) atoms. The number of methoxy groups -OCH3 is 1. The Morgan fingerprint density at radius 2 is 2.00 bits per heavy atom. The van der Waals surface area contributed by atoms with Gasteiger partial charge in [-0.15, -0.1) is 0 Å². The van der Waals surface area contributed by atoms with Gasteiger partial charge in [-0.1, -0.05) is 13.8 Å². The molecule has 0 radical (unpaired) electrons. The van der Waals surface area contributed by atoms with Gasteiger partial charge in [-0.25, -0.2) is 0 Å². The Hall–Kier alpha value is -0.650. The molecule has 0 aromatic heterocycles. The van der Waals surface area contributed by atoms with Crippen LogP contribution in [0, 0.1) is 11.8 Å². The molecule has 0 aliphatic carbocycles. The lowest BCUT2D eigenvalue weighted by Gasteiger charge is -2.42. The predicted octanol–water partition coefficient (Wildman–Crippen LogP) is 0.554. The first-order valence-corrected chi connectivity index (χ1v) is 5.47. The number of carbonyl (C=O) groups is 1. The maximum Gasteiger partial charge on any atom is 0.303 e. The summed E-state index contributed by atoms with van der Waals surface area (Å²) >= 11 is 0. The van der Waals surface area contributed by atoms with E-state index < -0.39 is 12.4 Å². The molecule has 2 unspecified atom stereocenters. The number of hydrogen-bond donors (Lipinski definition) is 1. The second-order valence-electron chi connectivity index (χ2n) is 4.25. The highest BCUT2D eigenvalue weighted by Crippen LogP contribution is 2.32. The fraction of sp³-hybridized carbons (Fsp3) is 0.909. The van der Waals surface area contributed by atoms with Crippen LogP contribution >= 0.6 is 0 Å². The average Bonchev–Trinajstić information content (AvgIpc) is 2.25. The summed E-state index contributed by atoms with van der Waals surface area (Å²) in [4.78, 5) is 11.0. The number of ether oxygens (including phenoxy) is 3. The summed E-state index contributed by atoms with van der Waals surface area (Å²) in [5.41, 5.74) is 0. The van der Waals surface area contributed by atoms with Crippen LogP contribution in [0.2, 0.25) is 0 Å². The van der Waals surface area contributed by atoms with Crippen LogP contribution in [0.1, 0.15) is 20.8 Å². The first-order valence-electron chi connectivity index (χ1n) is 5.47. The molecular weight excluding hydrogens is 212 g/mol. The van der Waals surface area contributed by atoms with Crippen molar-refractivity contribution < 1.29 is 24.1 Å². The van der Waals surface area contributed by atoms with Gasteiger partial charge in [0.25, 0.3) is 0 Å².